The Bertz CT molecular complexity index is 629. The Labute approximate surface area is 122 Å². The van der Waals surface area contributed by atoms with Gasteiger partial charge in [-0.15, -0.1) is 0 Å². The van der Waals surface area contributed by atoms with Crippen molar-refractivity contribution >= 4 is 17.3 Å². The average Bonchev–Trinajstić information content (AvgIpc) is 2.43. The van der Waals surface area contributed by atoms with E-state index in [2.05, 4.69) is 5.32 Å². The Hall–Kier alpha value is -1.91. The molecule has 0 saturated heterocycles. The first-order valence-electron chi connectivity index (χ1n) is 6.26. The molecule has 4 nitrogen and oxygen atoms in total. The van der Waals surface area contributed by atoms with E-state index in [1.54, 1.807) is 18.2 Å². The lowest BCUT2D eigenvalue weighted by Gasteiger charge is -2.07. The summed E-state index contributed by atoms with van der Waals surface area (Å²) in [6, 6.07) is 12.6. The van der Waals surface area contributed by atoms with Crippen molar-refractivity contribution in [3.63, 3.8) is 0 Å². The minimum Gasteiger partial charge on any atom is -0.308 e. The number of hydrogen-bond donors (Lipinski definition) is 1. The predicted molar refractivity (Wildman–Crippen MR) is 79.8 cm³/mol. The van der Waals surface area contributed by atoms with Crippen molar-refractivity contribution in [3.05, 3.63) is 74.3 Å². The van der Waals surface area contributed by atoms with Gasteiger partial charge in [0.05, 0.1) is 4.92 Å². The number of para-hydroxylation sites is 1. The summed E-state index contributed by atoms with van der Waals surface area (Å²) < 4.78 is 0. The summed E-state index contributed by atoms with van der Waals surface area (Å²) in [7, 11) is 0. The molecule has 2 aromatic carbocycles. The van der Waals surface area contributed by atoms with E-state index in [1.165, 1.54) is 6.07 Å². The van der Waals surface area contributed by atoms with Crippen LogP contribution in [0.4, 0.5) is 5.69 Å². The number of rotatable bonds is 5. The van der Waals surface area contributed by atoms with Crippen LogP contribution in [0.3, 0.4) is 0 Å². The van der Waals surface area contributed by atoms with Gasteiger partial charge in [-0.1, -0.05) is 41.9 Å². The van der Waals surface area contributed by atoms with E-state index >= 15 is 0 Å². The molecule has 0 heterocycles. The van der Waals surface area contributed by atoms with Gasteiger partial charge >= 0.3 is 0 Å². The van der Waals surface area contributed by atoms with E-state index in [0.717, 1.165) is 16.1 Å². The normalized spacial score (nSPS) is 10.5. The molecule has 0 amide bonds. The molecule has 0 aromatic heterocycles. The van der Waals surface area contributed by atoms with Crippen molar-refractivity contribution in [2.75, 3.05) is 0 Å². The third-order valence-corrected chi connectivity index (χ3v) is 3.48. The molecule has 0 aliphatic heterocycles. The average molecular weight is 291 g/mol. The molecule has 0 spiro atoms. The van der Waals surface area contributed by atoms with Crippen LogP contribution in [0.1, 0.15) is 16.7 Å². The van der Waals surface area contributed by atoms with Crippen LogP contribution in [0.5, 0.6) is 0 Å². The quantitative estimate of drug-likeness (QED) is 0.672. The van der Waals surface area contributed by atoms with Crippen LogP contribution >= 0.6 is 11.6 Å². The highest BCUT2D eigenvalue weighted by molar-refractivity contribution is 6.31. The fourth-order valence-electron chi connectivity index (χ4n) is 1.93. The van der Waals surface area contributed by atoms with Gasteiger partial charge < -0.3 is 5.32 Å². The first-order valence-corrected chi connectivity index (χ1v) is 6.64. The molecule has 2 rings (SSSR count). The Morgan fingerprint density at radius 2 is 1.95 bits per heavy atom. The number of halogens is 1. The molecule has 20 heavy (non-hydrogen) atoms. The summed E-state index contributed by atoms with van der Waals surface area (Å²) in [5.74, 6) is 0. The number of benzene rings is 2. The molecule has 0 bridgehead atoms. The highest BCUT2D eigenvalue weighted by Crippen LogP contribution is 2.18. The summed E-state index contributed by atoms with van der Waals surface area (Å²) in [6.45, 7) is 3.02. The van der Waals surface area contributed by atoms with E-state index in [1.807, 2.05) is 25.1 Å². The Morgan fingerprint density at radius 3 is 2.65 bits per heavy atom. The van der Waals surface area contributed by atoms with Crippen molar-refractivity contribution in [2.45, 2.75) is 20.0 Å². The summed E-state index contributed by atoms with van der Waals surface area (Å²) in [5, 5.41) is 14.8. The second-order valence-electron chi connectivity index (χ2n) is 4.57. The number of nitrogens with zero attached hydrogens (tertiary/aromatic N) is 1. The first kappa shape index (κ1) is 14.5. The molecular weight excluding hydrogens is 276 g/mol. The van der Waals surface area contributed by atoms with Crippen molar-refractivity contribution < 1.29 is 4.92 Å². The molecule has 0 fully saturated rings. The van der Waals surface area contributed by atoms with E-state index < -0.39 is 0 Å². The molecule has 0 atom stereocenters. The zero-order valence-electron chi connectivity index (χ0n) is 11.1. The third kappa shape index (κ3) is 3.56. The van der Waals surface area contributed by atoms with Gasteiger partial charge in [-0.3, -0.25) is 10.1 Å². The van der Waals surface area contributed by atoms with E-state index in [9.17, 15) is 10.1 Å². The lowest BCUT2D eigenvalue weighted by molar-refractivity contribution is -0.385. The summed E-state index contributed by atoms with van der Waals surface area (Å²) in [6.07, 6.45) is 0. The highest BCUT2D eigenvalue weighted by atomic mass is 35.5. The maximum atomic E-state index is 10.9. The Kier molecular flexibility index (Phi) is 4.71. The fourth-order valence-corrected chi connectivity index (χ4v) is 2.13. The van der Waals surface area contributed by atoms with Crippen LogP contribution in [-0.4, -0.2) is 4.92 Å². The third-order valence-electron chi connectivity index (χ3n) is 3.07. The Morgan fingerprint density at radius 1 is 1.20 bits per heavy atom. The van der Waals surface area contributed by atoms with Crippen LogP contribution < -0.4 is 5.32 Å². The summed E-state index contributed by atoms with van der Waals surface area (Å²) in [5.41, 5.74) is 2.91. The van der Waals surface area contributed by atoms with Gasteiger partial charge in [0.25, 0.3) is 5.69 Å². The van der Waals surface area contributed by atoms with Crippen molar-refractivity contribution in [1.29, 1.82) is 0 Å². The van der Waals surface area contributed by atoms with Gasteiger partial charge in [-0.05, 0) is 24.1 Å². The van der Waals surface area contributed by atoms with E-state index in [0.29, 0.717) is 18.7 Å². The molecule has 0 unspecified atom stereocenters. The molecular formula is C15H15ClN2O2. The number of nitro benzene ring substituents is 1. The summed E-state index contributed by atoms with van der Waals surface area (Å²) in [4.78, 5) is 10.5. The largest absolute Gasteiger partial charge is 0.308 e. The molecule has 2 aromatic rings. The zero-order chi connectivity index (χ0) is 14.5. The maximum Gasteiger partial charge on any atom is 0.273 e. The van der Waals surface area contributed by atoms with Gasteiger partial charge in [0.1, 0.15) is 0 Å². The van der Waals surface area contributed by atoms with Gasteiger partial charge in [-0.25, -0.2) is 0 Å². The lowest BCUT2D eigenvalue weighted by Crippen LogP contribution is -2.13. The minimum atomic E-state index is -0.361. The molecule has 0 saturated carbocycles. The van der Waals surface area contributed by atoms with Crippen LogP contribution in [0.2, 0.25) is 5.02 Å². The standard InChI is InChI=1S/C15H15ClN2O2/c1-11-6-7-12(8-14(11)16)9-17-10-13-4-2-3-5-15(13)18(19)20/h2-8,17H,9-10H2,1H3. The van der Waals surface area contributed by atoms with Gasteiger partial charge in [0.2, 0.25) is 0 Å². The van der Waals surface area contributed by atoms with Crippen molar-refractivity contribution in [2.24, 2.45) is 0 Å². The number of nitrogens with one attached hydrogen (secondary N) is 1. The second kappa shape index (κ2) is 6.50. The minimum absolute atomic E-state index is 0.141. The molecule has 0 aliphatic rings. The molecule has 104 valence electrons. The van der Waals surface area contributed by atoms with Crippen LogP contribution in [-0.2, 0) is 13.1 Å². The fraction of sp³-hybridized carbons (Fsp3) is 0.200. The zero-order valence-corrected chi connectivity index (χ0v) is 11.9. The van der Waals surface area contributed by atoms with Gasteiger partial charge in [0, 0.05) is 29.7 Å². The van der Waals surface area contributed by atoms with Crippen LogP contribution in [0.25, 0.3) is 0 Å². The lowest BCUT2D eigenvalue weighted by atomic mass is 10.1. The smallest absolute Gasteiger partial charge is 0.273 e. The number of aryl methyl sites for hydroxylation is 1. The Balaban J connectivity index is 1.99. The van der Waals surface area contributed by atoms with Crippen molar-refractivity contribution in [1.82, 2.24) is 5.32 Å². The molecule has 5 heteroatoms. The molecule has 0 radical (unpaired) electrons. The second-order valence-corrected chi connectivity index (χ2v) is 4.98. The monoisotopic (exact) mass is 290 g/mol. The highest BCUT2D eigenvalue weighted by Gasteiger charge is 2.11. The topological polar surface area (TPSA) is 55.2 Å². The molecule has 0 aliphatic carbocycles. The first-order chi connectivity index (χ1) is 9.58. The summed E-state index contributed by atoms with van der Waals surface area (Å²) >= 11 is 6.06. The van der Waals surface area contributed by atoms with Crippen LogP contribution in [0.15, 0.2) is 42.5 Å². The SMILES string of the molecule is Cc1ccc(CNCc2ccccc2[N+](=O)[O-])cc1Cl. The number of nitro groups is 1. The van der Waals surface area contributed by atoms with Gasteiger partial charge in [-0.2, -0.15) is 0 Å². The number of hydrogen-bond acceptors (Lipinski definition) is 3. The molecule has 1 N–H and O–H groups in total. The predicted octanol–water partition coefficient (Wildman–Crippen LogP) is 3.85. The van der Waals surface area contributed by atoms with Gasteiger partial charge in [0.15, 0.2) is 0 Å². The van der Waals surface area contributed by atoms with E-state index in [-0.39, 0.29) is 10.6 Å². The van der Waals surface area contributed by atoms with Crippen molar-refractivity contribution in [3.8, 4) is 0 Å². The van der Waals surface area contributed by atoms with Crippen LogP contribution in [0, 0.1) is 17.0 Å². The van der Waals surface area contributed by atoms with E-state index in [4.69, 9.17) is 11.6 Å². The maximum absolute atomic E-state index is 10.9.